The first-order valence-electron chi connectivity index (χ1n) is 6.99. The molecule has 22 heavy (non-hydrogen) atoms. The van der Waals surface area contributed by atoms with E-state index < -0.39 is 0 Å². The van der Waals surface area contributed by atoms with Crippen LogP contribution in [-0.2, 0) is 5.75 Å². The summed E-state index contributed by atoms with van der Waals surface area (Å²) in [4.78, 5) is 0. The van der Waals surface area contributed by atoms with Gasteiger partial charge in [0.05, 0.1) is 12.8 Å². The van der Waals surface area contributed by atoms with E-state index in [4.69, 9.17) is 4.74 Å². The van der Waals surface area contributed by atoms with Gasteiger partial charge in [0.25, 0.3) is 0 Å². The van der Waals surface area contributed by atoms with Gasteiger partial charge in [0.2, 0.25) is 0 Å². The molecule has 1 aromatic heterocycles. The predicted molar refractivity (Wildman–Crippen MR) is 88.7 cm³/mol. The molecule has 0 fully saturated rings. The Labute approximate surface area is 134 Å². The molecule has 0 saturated carbocycles. The van der Waals surface area contributed by atoms with E-state index in [9.17, 15) is 0 Å². The van der Waals surface area contributed by atoms with Crippen LogP contribution in [0.25, 0.3) is 5.69 Å². The van der Waals surface area contributed by atoms with Gasteiger partial charge < -0.3 is 4.74 Å². The van der Waals surface area contributed by atoms with Crippen molar-refractivity contribution in [3.05, 3.63) is 66.0 Å². The lowest BCUT2D eigenvalue weighted by Gasteiger charge is -2.10. The lowest BCUT2D eigenvalue weighted by Crippen LogP contribution is -1.98. The normalized spacial score (nSPS) is 10.6. The van der Waals surface area contributed by atoms with Gasteiger partial charge in [-0.25, -0.2) is 0 Å². The first kappa shape index (κ1) is 14.7. The van der Waals surface area contributed by atoms with Crippen LogP contribution in [0.15, 0.2) is 60.0 Å². The molecular formula is C17H17N3OS. The van der Waals surface area contributed by atoms with Crippen molar-refractivity contribution in [2.75, 3.05) is 7.11 Å². The van der Waals surface area contributed by atoms with Crippen LogP contribution in [0, 0.1) is 6.92 Å². The summed E-state index contributed by atoms with van der Waals surface area (Å²) in [5.41, 5.74) is 3.49. The van der Waals surface area contributed by atoms with Gasteiger partial charge in [0.15, 0.2) is 5.16 Å². The average molecular weight is 311 g/mol. The molecule has 1 heterocycles. The maximum atomic E-state index is 5.42. The van der Waals surface area contributed by atoms with E-state index in [0.29, 0.717) is 0 Å². The van der Waals surface area contributed by atoms with Crippen molar-refractivity contribution in [3.8, 4) is 11.4 Å². The SMILES string of the molecule is COc1ccccc1-n1cnnc1SCc1cccc(C)c1. The van der Waals surface area contributed by atoms with Crippen LogP contribution >= 0.6 is 11.8 Å². The van der Waals surface area contributed by atoms with Gasteiger partial charge in [0, 0.05) is 5.75 Å². The fraction of sp³-hybridized carbons (Fsp3) is 0.176. The quantitative estimate of drug-likeness (QED) is 0.671. The van der Waals surface area contributed by atoms with Gasteiger partial charge in [-0.2, -0.15) is 0 Å². The van der Waals surface area contributed by atoms with E-state index >= 15 is 0 Å². The number of benzene rings is 2. The van der Waals surface area contributed by atoms with Gasteiger partial charge in [-0.15, -0.1) is 10.2 Å². The number of hydrogen-bond donors (Lipinski definition) is 0. The van der Waals surface area contributed by atoms with E-state index in [-0.39, 0.29) is 0 Å². The topological polar surface area (TPSA) is 39.9 Å². The molecule has 0 aliphatic heterocycles. The van der Waals surface area contributed by atoms with E-state index in [2.05, 4.69) is 41.4 Å². The summed E-state index contributed by atoms with van der Waals surface area (Å²) in [6, 6.07) is 16.4. The van der Waals surface area contributed by atoms with Gasteiger partial charge >= 0.3 is 0 Å². The number of rotatable bonds is 5. The molecule has 0 radical (unpaired) electrons. The van der Waals surface area contributed by atoms with Crippen LogP contribution in [0.2, 0.25) is 0 Å². The second-order valence-corrected chi connectivity index (χ2v) is 5.88. The van der Waals surface area contributed by atoms with E-state index in [0.717, 1.165) is 22.3 Å². The molecule has 0 aliphatic carbocycles. The van der Waals surface area contributed by atoms with Crippen molar-refractivity contribution >= 4 is 11.8 Å². The fourth-order valence-corrected chi connectivity index (χ4v) is 3.13. The molecule has 2 aromatic carbocycles. The Hall–Kier alpha value is -2.27. The second kappa shape index (κ2) is 6.66. The minimum atomic E-state index is 0.805. The highest BCUT2D eigenvalue weighted by Crippen LogP contribution is 2.28. The van der Waals surface area contributed by atoms with Crippen molar-refractivity contribution < 1.29 is 4.74 Å². The Kier molecular flexibility index (Phi) is 4.44. The van der Waals surface area contributed by atoms with Gasteiger partial charge in [0.1, 0.15) is 12.1 Å². The zero-order valence-corrected chi connectivity index (χ0v) is 13.4. The molecule has 0 unspecified atom stereocenters. The Balaban J connectivity index is 1.83. The Morgan fingerprint density at radius 1 is 1.14 bits per heavy atom. The first-order chi connectivity index (χ1) is 10.8. The molecule has 0 bridgehead atoms. The van der Waals surface area contributed by atoms with Crippen LogP contribution in [-0.4, -0.2) is 21.9 Å². The smallest absolute Gasteiger partial charge is 0.196 e. The molecule has 0 amide bonds. The number of ether oxygens (including phenoxy) is 1. The largest absolute Gasteiger partial charge is 0.495 e. The molecule has 0 N–H and O–H groups in total. The fourth-order valence-electron chi connectivity index (χ4n) is 2.27. The van der Waals surface area contributed by atoms with Gasteiger partial charge in [-0.3, -0.25) is 4.57 Å². The third kappa shape index (κ3) is 3.14. The summed E-state index contributed by atoms with van der Waals surface area (Å²) in [6.07, 6.45) is 1.72. The van der Waals surface area contributed by atoms with Crippen molar-refractivity contribution in [3.63, 3.8) is 0 Å². The zero-order chi connectivity index (χ0) is 15.4. The van der Waals surface area contributed by atoms with Crippen molar-refractivity contribution in [1.29, 1.82) is 0 Å². The highest BCUT2D eigenvalue weighted by Gasteiger charge is 2.11. The molecule has 112 valence electrons. The zero-order valence-electron chi connectivity index (χ0n) is 12.6. The lowest BCUT2D eigenvalue weighted by molar-refractivity contribution is 0.412. The number of methoxy groups -OCH3 is 1. The molecule has 0 aliphatic rings. The number of thioether (sulfide) groups is 1. The third-order valence-electron chi connectivity index (χ3n) is 3.31. The minimum Gasteiger partial charge on any atom is -0.495 e. The molecule has 3 aromatic rings. The maximum Gasteiger partial charge on any atom is 0.196 e. The molecule has 5 heteroatoms. The van der Waals surface area contributed by atoms with E-state index in [1.807, 2.05) is 28.8 Å². The van der Waals surface area contributed by atoms with Crippen molar-refractivity contribution in [1.82, 2.24) is 14.8 Å². The summed E-state index contributed by atoms with van der Waals surface area (Å²) < 4.78 is 7.37. The van der Waals surface area contributed by atoms with E-state index in [1.165, 1.54) is 11.1 Å². The average Bonchev–Trinajstić information content (AvgIpc) is 3.01. The molecule has 4 nitrogen and oxygen atoms in total. The summed E-state index contributed by atoms with van der Waals surface area (Å²) in [6.45, 7) is 2.10. The summed E-state index contributed by atoms with van der Waals surface area (Å²) in [5, 5.41) is 9.12. The summed E-state index contributed by atoms with van der Waals surface area (Å²) in [5.74, 6) is 1.66. The summed E-state index contributed by atoms with van der Waals surface area (Å²) in [7, 11) is 1.67. The second-order valence-electron chi connectivity index (χ2n) is 4.93. The van der Waals surface area contributed by atoms with E-state index in [1.54, 1.807) is 25.2 Å². The Bertz CT molecular complexity index is 770. The first-order valence-corrected chi connectivity index (χ1v) is 7.98. The van der Waals surface area contributed by atoms with Crippen molar-refractivity contribution in [2.24, 2.45) is 0 Å². The predicted octanol–water partition coefficient (Wildman–Crippen LogP) is 3.88. The molecule has 0 spiro atoms. The number of nitrogens with zero attached hydrogens (tertiary/aromatic N) is 3. The summed E-state index contributed by atoms with van der Waals surface area (Å²) >= 11 is 1.66. The van der Waals surface area contributed by atoms with Crippen LogP contribution in [0.4, 0.5) is 0 Å². The van der Waals surface area contributed by atoms with Gasteiger partial charge in [-0.05, 0) is 24.6 Å². The number of aromatic nitrogens is 3. The highest BCUT2D eigenvalue weighted by molar-refractivity contribution is 7.98. The molecule has 0 atom stereocenters. The maximum absolute atomic E-state index is 5.42. The minimum absolute atomic E-state index is 0.805. The molecule has 3 rings (SSSR count). The monoisotopic (exact) mass is 311 g/mol. The highest BCUT2D eigenvalue weighted by atomic mass is 32.2. The lowest BCUT2D eigenvalue weighted by atomic mass is 10.2. The molecular weight excluding hydrogens is 294 g/mol. The van der Waals surface area contributed by atoms with Crippen LogP contribution in [0.3, 0.4) is 0 Å². The Morgan fingerprint density at radius 2 is 2.00 bits per heavy atom. The standard InChI is InChI=1S/C17H17N3OS/c1-13-6-5-7-14(10-13)11-22-17-19-18-12-20(17)15-8-3-4-9-16(15)21-2/h3-10,12H,11H2,1-2H3. The van der Waals surface area contributed by atoms with Crippen LogP contribution < -0.4 is 4.74 Å². The molecule has 0 saturated heterocycles. The van der Waals surface area contributed by atoms with Gasteiger partial charge in [-0.1, -0.05) is 53.7 Å². The van der Waals surface area contributed by atoms with Crippen LogP contribution in [0.5, 0.6) is 5.75 Å². The van der Waals surface area contributed by atoms with Crippen molar-refractivity contribution in [2.45, 2.75) is 17.8 Å². The Morgan fingerprint density at radius 3 is 2.82 bits per heavy atom. The number of hydrogen-bond acceptors (Lipinski definition) is 4. The third-order valence-corrected chi connectivity index (χ3v) is 4.33. The number of aryl methyl sites for hydroxylation is 1. The van der Waals surface area contributed by atoms with Crippen LogP contribution in [0.1, 0.15) is 11.1 Å². The number of para-hydroxylation sites is 2.